The highest BCUT2D eigenvalue weighted by Gasteiger charge is 2.21. The molecule has 1 unspecified atom stereocenters. The number of benzene rings is 1. The number of fused-ring (bicyclic) bond motifs is 1. The molecule has 1 N–H and O–H groups in total. The van der Waals surface area contributed by atoms with Gasteiger partial charge in [0.05, 0.1) is 13.2 Å². The zero-order valence-corrected chi connectivity index (χ0v) is 13.4. The van der Waals surface area contributed by atoms with Crippen molar-refractivity contribution < 1.29 is 13.9 Å². The van der Waals surface area contributed by atoms with Gasteiger partial charge >= 0.3 is 0 Å². The molecule has 1 aromatic carbocycles. The third-order valence-corrected chi connectivity index (χ3v) is 3.79. The molecule has 0 fully saturated rings. The summed E-state index contributed by atoms with van der Waals surface area (Å²) < 4.78 is 17.2. The fourth-order valence-corrected chi connectivity index (χ4v) is 2.81. The van der Waals surface area contributed by atoms with E-state index < -0.39 is 0 Å². The summed E-state index contributed by atoms with van der Waals surface area (Å²) in [5.74, 6) is 3.82. The summed E-state index contributed by atoms with van der Waals surface area (Å²) in [5.41, 5.74) is 2.36. The Kier molecular flexibility index (Phi) is 4.39. The third-order valence-electron chi connectivity index (χ3n) is 3.79. The van der Waals surface area contributed by atoms with E-state index in [9.17, 15) is 0 Å². The van der Waals surface area contributed by atoms with E-state index in [2.05, 4.69) is 24.4 Å². The molecule has 22 heavy (non-hydrogen) atoms. The second-order valence-corrected chi connectivity index (χ2v) is 5.75. The molecule has 0 aliphatic carbocycles. The van der Waals surface area contributed by atoms with Crippen molar-refractivity contribution in [2.45, 2.75) is 46.4 Å². The molecule has 0 amide bonds. The zero-order valence-electron chi connectivity index (χ0n) is 13.4. The molecular formula is C18H23NO3. The summed E-state index contributed by atoms with van der Waals surface area (Å²) in [6, 6.07) is 8.20. The van der Waals surface area contributed by atoms with E-state index in [1.807, 2.05) is 26.0 Å². The summed E-state index contributed by atoms with van der Waals surface area (Å²) in [6.45, 7) is 8.15. The molecule has 0 radical (unpaired) electrons. The normalized spacial score (nSPS) is 16.4. The van der Waals surface area contributed by atoms with Crippen molar-refractivity contribution in [2.75, 3.05) is 6.61 Å². The van der Waals surface area contributed by atoms with Crippen LogP contribution in [0.2, 0.25) is 0 Å². The van der Waals surface area contributed by atoms with Crippen LogP contribution in [-0.2, 0) is 19.5 Å². The minimum atomic E-state index is 0.249. The summed E-state index contributed by atoms with van der Waals surface area (Å²) in [4.78, 5) is 0. The Balaban J connectivity index is 1.70. The van der Waals surface area contributed by atoms with Gasteiger partial charge in [-0.1, -0.05) is 0 Å². The molecule has 0 spiro atoms. The molecule has 1 aromatic heterocycles. The summed E-state index contributed by atoms with van der Waals surface area (Å²) in [5, 5.41) is 3.40. The first-order valence-electron chi connectivity index (χ1n) is 7.87. The first-order chi connectivity index (χ1) is 10.7. The van der Waals surface area contributed by atoms with Crippen LogP contribution in [-0.4, -0.2) is 12.7 Å². The fraction of sp³-hybridized carbons (Fsp3) is 0.444. The number of rotatable bonds is 6. The minimum Gasteiger partial charge on any atom is -0.494 e. The first kappa shape index (κ1) is 15.0. The van der Waals surface area contributed by atoms with Gasteiger partial charge in [0, 0.05) is 24.1 Å². The van der Waals surface area contributed by atoms with E-state index in [4.69, 9.17) is 13.9 Å². The van der Waals surface area contributed by atoms with Crippen molar-refractivity contribution in [1.29, 1.82) is 0 Å². The lowest BCUT2D eigenvalue weighted by atomic mass is 10.1. The average Bonchev–Trinajstić information content (AvgIpc) is 3.04. The molecule has 1 atom stereocenters. The van der Waals surface area contributed by atoms with Gasteiger partial charge < -0.3 is 19.2 Å². The van der Waals surface area contributed by atoms with Gasteiger partial charge in [0.15, 0.2) is 0 Å². The van der Waals surface area contributed by atoms with E-state index in [1.54, 1.807) is 0 Å². The van der Waals surface area contributed by atoms with Crippen LogP contribution in [0.15, 0.2) is 28.7 Å². The Morgan fingerprint density at radius 1 is 1.27 bits per heavy atom. The maximum atomic E-state index is 5.85. The molecule has 0 saturated heterocycles. The molecule has 118 valence electrons. The molecule has 2 aromatic rings. The number of hydrogen-bond donors (Lipinski definition) is 1. The predicted molar refractivity (Wildman–Crippen MR) is 85.4 cm³/mol. The number of nitrogens with one attached hydrogen (secondary N) is 1. The zero-order chi connectivity index (χ0) is 15.5. The Morgan fingerprint density at radius 2 is 2.14 bits per heavy atom. The van der Waals surface area contributed by atoms with E-state index in [-0.39, 0.29) is 6.10 Å². The van der Waals surface area contributed by atoms with E-state index in [0.717, 1.165) is 41.5 Å². The lowest BCUT2D eigenvalue weighted by Gasteiger charge is -2.13. The Bertz CT molecular complexity index is 648. The highest BCUT2D eigenvalue weighted by atomic mass is 16.5. The first-order valence-corrected chi connectivity index (χ1v) is 7.87. The number of hydrogen-bond acceptors (Lipinski definition) is 4. The van der Waals surface area contributed by atoms with E-state index in [0.29, 0.717) is 13.2 Å². The predicted octanol–water partition coefficient (Wildman–Crippen LogP) is 3.60. The van der Waals surface area contributed by atoms with Crippen molar-refractivity contribution in [1.82, 2.24) is 5.32 Å². The topological polar surface area (TPSA) is 43.6 Å². The van der Waals surface area contributed by atoms with Gasteiger partial charge in [-0.3, -0.25) is 0 Å². The number of furan rings is 1. The number of ether oxygens (including phenoxy) is 2. The highest BCUT2D eigenvalue weighted by Crippen LogP contribution is 2.35. The quantitative estimate of drug-likeness (QED) is 0.885. The molecular weight excluding hydrogens is 278 g/mol. The van der Waals surface area contributed by atoms with Crippen LogP contribution < -0.4 is 14.8 Å². The summed E-state index contributed by atoms with van der Waals surface area (Å²) in [7, 11) is 0. The standard InChI is InChI=1S/C18H23NO3/c1-4-20-17-8-14-7-13(3)22-18(14)9-15(17)10-19-11-16-6-5-12(2)21-16/h5-6,8-9,13,19H,4,7,10-11H2,1-3H3. The molecule has 1 aliphatic heterocycles. The molecule has 1 aliphatic rings. The van der Waals surface area contributed by atoms with Crippen LogP contribution in [0.4, 0.5) is 0 Å². The van der Waals surface area contributed by atoms with Gasteiger partial charge in [-0.25, -0.2) is 0 Å². The van der Waals surface area contributed by atoms with E-state index >= 15 is 0 Å². The lowest BCUT2D eigenvalue weighted by Crippen LogP contribution is -2.13. The maximum absolute atomic E-state index is 5.85. The van der Waals surface area contributed by atoms with E-state index in [1.165, 1.54) is 5.56 Å². The molecule has 2 heterocycles. The number of aryl methyl sites for hydroxylation is 1. The fourth-order valence-electron chi connectivity index (χ4n) is 2.81. The van der Waals surface area contributed by atoms with Crippen LogP contribution in [0.25, 0.3) is 0 Å². The monoisotopic (exact) mass is 301 g/mol. The largest absolute Gasteiger partial charge is 0.494 e. The smallest absolute Gasteiger partial charge is 0.124 e. The molecule has 4 nitrogen and oxygen atoms in total. The Morgan fingerprint density at radius 3 is 2.86 bits per heavy atom. The van der Waals surface area contributed by atoms with Crippen molar-refractivity contribution in [3.8, 4) is 11.5 Å². The second-order valence-electron chi connectivity index (χ2n) is 5.75. The van der Waals surface area contributed by atoms with Gasteiger partial charge in [-0.2, -0.15) is 0 Å². The van der Waals surface area contributed by atoms with Gasteiger partial charge in [0.1, 0.15) is 29.1 Å². The Hall–Kier alpha value is -1.94. The van der Waals surface area contributed by atoms with Crippen LogP contribution >= 0.6 is 0 Å². The van der Waals surface area contributed by atoms with Gasteiger partial charge in [-0.05, 0) is 45.0 Å². The minimum absolute atomic E-state index is 0.249. The highest BCUT2D eigenvalue weighted by molar-refractivity contribution is 5.48. The van der Waals surface area contributed by atoms with Crippen LogP contribution in [0.5, 0.6) is 11.5 Å². The van der Waals surface area contributed by atoms with Crippen molar-refractivity contribution in [3.05, 3.63) is 46.9 Å². The summed E-state index contributed by atoms with van der Waals surface area (Å²) >= 11 is 0. The Labute approximate surface area is 131 Å². The van der Waals surface area contributed by atoms with Crippen LogP contribution in [0.3, 0.4) is 0 Å². The average molecular weight is 301 g/mol. The van der Waals surface area contributed by atoms with Gasteiger partial charge in [0.25, 0.3) is 0 Å². The SMILES string of the molecule is CCOc1cc2c(cc1CNCc1ccc(C)o1)OC(C)C2. The molecule has 3 rings (SSSR count). The van der Waals surface area contributed by atoms with Gasteiger partial charge in [0.2, 0.25) is 0 Å². The molecule has 0 saturated carbocycles. The second kappa shape index (κ2) is 6.44. The van der Waals surface area contributed by atoms with Crippen molar-refractivity contribution in [2.24, 2.45) is 0 Å². The van der Waals surface area contributed by atoms with Gasteiger partial charge in [-0.15, -0.1) is 0 Å². The molecule has 0 bridgehead atoms. The summed E-state index contributed by atoms with van der Waals surface area (Å²) in [6.07, 6.45) is 1.20. The third kappa shape index (κ3) is 3.28. The van der Waals surface area contributed by atoms with Crippen LogP contribution in [0.1, 0.15) is 36.5 Å². The molecule has 4 heteroatoms. The maximum Gasteiger partial charge on any atom is 0.124 e. The van der Waals surface area contributed by atoms with Crippen LogP contribution in [0, 0.1) is 6.92 Å². The lowest BCUT2D eigenvalue weighted by molar-refractivity contribution is 0.254. The van der Waals surface area contributed by atoms with Crippen molar-refractivity contribution >= 4 is 0 Å². The van der Waals surface area contributed by atoms with Crippen molar-refractivity contribution in [3.63, 3.8) is 0 Å².